The Morgan fingerprint density at radius 2 is 2.00 bits per heavy atom. The van der Waals surface area contributed by atoms with Crippen LogP contribution in [0.4, 0.5) is 0 Å². The summed E-state index contributed by atoms with van der Waals surface area (Å²) in [5, 5.41) is 5.44. The molecular weight excluding hydrogens is 266 g/mol. The number of thioether (sulfide) groups is 1. The van der Waals surface area contributed by atoms with E-state index in [0.29, 0.717) is 11.3 Å². The molecule has 1 aromatic heterocycles. The van der Waals surface area contributed by atoms with Crippen molar-refractivity contribution in [3.63, 3.8) is 0 Å². The van der Waals surface area contributed by atoms with Gasteiger partial charge in [0.15, 0.2) is 0 Å². The minimum absolute atomic E-state index is 0.273. The predicted octanol–water partition coefficient (Wildman–Crippen LogP) is 3.54. The van der Waals surface area contributed by atoms with Crippen LogP contribution in [0.1, 0.15) is 63.1 Å². The molecule has 1 saturated carbocycles. The third-order valence-corrected chi connectivity index (χ3v) is 6.29. The van der Waals surface area contributed by atoms with Crippen molar-refractivity contribution in [2.75, 3.05) is 5.75 Å². The van der Waals surface area contributed by atoms with Crippen LogP contribution in [-0.4, -0.2) is 26.8 Å². The molecule has 3 rings (SSSR count). The Hall–Kier alpha value is -0.480. The van der Waals surface area contributed by atoms with Crippen LogP contribution in [0.25, 0.3) is 0 Å². The van der Waals surface area contributed by atoms with Crippen molar-refractivity contribution >= 4 is 11.8 Å². The van der Waals surface area contributed by atoms with Gasteiger partial charge in [0.1, 0.15) is 0 Å². The van der Waals surface area contributed by atoms with Crippen molar-refractivity contribution in [1.29, 1.82) is 0 Å². The van der Waals surface area contributed by atoms with E-state index in [1.165, 1.54) is 62.8 Å². The second-order valence-electron chi connectivity index (χ2n) is 6.35. The molecule has 2 fully saturated rings. The first-order chi connectivity index (χ1) is 9.83. The maximum absolute atomic E-state index is 6.40. The van der Waals surface area contributed by atoms with Crippen LogP contribution in [0, 0.1) is 0 Å². The molecule has 1 aromatic rings. The Kier molecular flexibility index (Phi) is 5.05. The van der Waals surface area contributed by atoms with E-state index in [2.05, 4.69) is 28.7 Å². The highest BCUT2D eigenvalue weighted by Gasteiger charge is 2.22. The quantitative estimate of drug-likeness (QED) is 0.923. The summed E-state index contributed by atoms with van der Waals surface area (Å²) in [6.45, 7) is 0. The number of hydrogen-bond acceptors (Lipinski definition) is 3. The third kappa shape index (κ3) is 3.59. The monoisotopic (exact) mass is 293 g/mol. The van der Waals surface area contributed by atoms with Gasteiger partial charge in [-0.15, -0.1) is 0 Å². The molecule has 112 valence electrons. The average Bonchev–Trinajstić information content (AvgIpc) is 2.97. The van der Waals surface area contributed by atoms with Gasteiger partial charge in [-0.1, -0.05) is 25.7 Å². The Bertz CT molecular complexity index is 406. The summed E-state index contributed by atoms with van der Waals surface area (Å²) in [6.07, 6.45) is 13.8. The van der Waals surface area contributed by atoms with Crippen LogP contribution >= 0.6 is 11.8 Å². The van der Waals surface area contributed by atoms with Gasteiger partial charge in [0, 0.05) is 23.9 Å². The summed E-state index contributed by atoms with van der Waals surface area (Å²) in [5.74, 6) is 1.29. The maximum Gasteiger partial charge on any atom is 0.0640 e. The lowest BCUT2D eigenvalue weighted by atomic mass is 9.96. The van der Waals surface area contributed by atoms with Crippen LogP contribution in [-0.2, 0) is 6.42 Å². The van der Waals surface area contributed by atoms with E-state index in [0.717, 1.165) is 6.42 Å². The zero-order chi connectivity index (χ0) is 13.8. The first-order valence-corrected chi connectivity index (χ1v) is 9.29. The summed E-state index contributed by atoms with van der Waals surface area (Å²) in [7, 11) is 0. The molecule has 0 spiro atoms. The molecule has 1 aliphatic carbocycles. The van der Waals surface area contributed by atoms with Crippen molar-refractivity contribution in [3.8, 4) is 0 Å². The first kappa shape index (κ1) is 14.5. The van der Waals surface area contributed by atoms with Crippen LogP contribution in [0.15, 0.2) is 12.3 Å². The van der Waals surface area contributed by atoms with Crippen molar-refractivity contribution in [2.45, 2.75) is 75.1 Å². The van der Waals surface area contributed by atoms with E-state index in [4.69, 9.17) is 10.8 Å². The van der Waals surface area contributed by atoms with Gasteiger partial charge in [0.25, 0.3) is 0 Å². The van der Waals surface area contributed by atoms with E-state index < -0.39 is 0 Å². The largest absolute Gasteiger partial charge is 0.326 e. The van der Waals surface area contributed by atoms with Crippen molar-refractivity contribution in [1.82, 2.24) is 9.78 Å². The van der Waals surface area contributed by atoms with Gasteiger partial charge < -0.3 is 5.73 Å². The molecule has 0 bridgehead atoms. The van der Waals surface area contributed by atoms with E-state index in [1.54, 1.807) is 0 Å². The highest BCUT2D eigenvalue weighted by atomic mass is 32.2. The van der Waals surface area contributed by atoms with Gasteiger partial charge in [-0.25, -0.2) is 0 Å². The Morgan fingerprint density at radius 1 is 1.20 bits per heavy atom. The molecule has 4 heteroatoms. The summed E-state index contributed by atoms with van der Waals surface area (Å²) < 4.78 is 2.20. The SMILES string of the molecule is NC(Cc1ccn(C2CCCCC2)n1)C1CCCCS1. The highest BCUT2D eigenvalue weighted by molar-refractivity contribution is 8.00. The fourth-order valence-electron chi connectivity index (χ4n) is 3.51. The van der Waals surface area contributed by atoms with Gasteiger partial charge in [0.05, 0.1) is 11.7 Å². The smallest absolute Gasteiger partial charge is 0.0640 e. The van der Waals surface area contributed by atoms with Crippen molar-refractivity contribution in [2.24, 2.45) is 5.73 Å². The number of rotatable bonds is 4. The number of hydrogen-bond donors (Lipinski definition) is 1. The number of nitrogens with two attached hydrogens (primary N) is 1. The van der Waals surface area contributed by atoms with Gasteiger partial charge in [-0.3, -0.25) is 4.68 Å². The van der Waals surface area contributed by atoms with E-state index >= 15 is 0 Å². The molecule has 1 saturated heterocycles. The topological polar surface area (TPSA) is 43.8 Å². The Balaban J connectivity index is 1.56. The molecule has 2 heterocycles. The van der Waals surface area contributed by atoms with Crippen LogP contribution < -0.4 is 5.73 Å². The van der Waals surface area contributed by atoms with Gasteiger partial charge in [0.2, 0.25) is 0 Å². The fraction of sp³-hybridized carbons (Fsp3) is 0.812. The summed E-state index contributed by atoms with van der Waals surface area (Å²) in [4.78, 5) is 0. The third-order valence-electron chi connectivity index (χ3n) is 4.75. The second kappa shape index (κ2) is 6.99. The highest BCUT2D eigenvalue weighted by Crippen LogP contribution is 2.29. The fourth-order valence-corrected chi connectivity index (χ4v) is 4.86. The van der Waals surface area contributed by atoms with E-state index in [-0.39, 0.29) is 6.04 Å². The lowest BCUT2D eigenvalue weighted by molar-refractivity contribution is 0.327. The maximum atomic E-state index is 6.40. The Labute approximate surface area is 126 Å². The molecule has 1 aliphatic heterocycles. The van der Waals surface area contributed by atoms with E-state index in [9.17, 15) is 0 Å². The minimum Gasteiger partial charge on any atom is -0.326 e. The molecule has 2 unspecified atom stereocenters. The lowest BCUT2D eigenvalue weighted by Gasteiger charge is -2.26. The molecule has 0 radical (unpaired) electrons. The first-order valence-electron chi connectivity index (χ1n) is 8.24. The van der Waals surface area contributed by atoms with Gasteiger partial charge >= 0.3 is 0 Å². The van der Waals surface area contributed by atoms with Gasteiger partial charge in [-0.2, -0.15) is 16.9 Å². The molecular formula is C16H27N3S. The van der Waals surface area contributed by atoms with Gasteiger partial charge in [-0.05, 0) is 37.5 Å². The zero-order valence-electron chi connectivity index (χ0n) is 12.3. The predicted molar refractivity (Wildman–Crippen MR) is 86.1 cm³/mol. The van der Waals surface area contributed by atoms with Crippen LogP contribution in [0.2, 0.25) is 0 Å². The van der Waals surface area contributed by atoms with Crippen molar-refractivity contribution < 1.29 is 0 Å². The molecule has 20 heavy (non-hydrogen) atoms. The average molecular weight is 293 g/mol. The second-order valence-corrected chi connectivity index (χ2v) is 7.70. The standard InChI is InChI=1S/C16H27N3S/c17-15(16-8-4-5-11-20-16)12-13-9-10-19(18-13)14-6-2-1-3-7-14/h9-10,14-16H,1-8,11-12,17H2. The molecule has 3 nitrogen and oxygen atoms in total. The minimum atomic E-state index is 0.273. The van der Waals surface area contributed by atoms with Crippen molar-refractivity contribution in [3.05, 3.63) is 18.0 Å². The summed E-state index contributed by atoms with van der Waals surface area (Å²) >= 11 is 2.07. The molecule has 0 amide bonds. The molecule has 2 atom stereocenters. The van der Waals surface area contributed by atoms with Crippen LogP contribution in [0.5, 0.6) is 0 Å². The Morgan fingerprint density at radius 3 is 2.75 bits per heavy atom. The summed E-state index contributed by atoms with van der Waals surface area (Å²) in [6, 6.07) is 3.09. The molecule has 2 N–H and O–H groups in total. The zero-order valence-corrected chi connectivity index (χ0v) is 13.2. The molecule has 0 aromatic carbocycles. The number of nitrogens with zero attached hydrogens (tertiary/aromatic N) is 2. The normalized spacial score (nSPS) is 26.6. The summed E-state index contributed by atoms with van der Waals surface area (Å²) in [5.41, 5.74) is 7.59. The van der Waals surface area contributed by atoms with E-state index in [1.807, 2.05) is 0 Å². The van der Waals surface area contributed by atoms with Crippen LogP contribution in [0.3, 0.4) is 0 Å². The molecule has 2 aliphatic rings. The lowest BCUT2D eigenvalue weighted by Crippen LogP contribution is -2.36. The number of aromatic nitrogens is 2.